The van der Waals surface area contributed by atoms with Gasteiger partial charge < -0.3 is 15.2 Å². The van der Waals surface area contributed by atoms with E-state index in [0.717, 1.165) is 11.3 Å². The fraction of sp³-hybridized carbons (Fsp3) is 0.500. The van der Waals surface area contributed by atoms with E-state index in [-0.39, 0.29) is 18.2 Å². The van der Waals surface area contributed by atoms with Gasteiger partial charge in [0.1, 0.15) is 5.75 Å². The number of para-hydroxylation sites is 1. The standard InChI is InChI=1S/C16H23NO4/c1-12(7-8-16(19)20)11-17-15(18)9-10-21-14-6-4-3-5-13(14)2/h3-6,12H,7-11H2,1-2H3,(H,17,18)(H,19,20). The van der Waals surface area contributed by atoms with Gasteiger partial charge in [0.05, 0.1) is 13.0 Å². The number of hydrogen-bond acceptors (Lipinski definition) is 3. The van der Waals surface area contributed by atoms with Crippen LogP contribution in [0.5, 0.6) is 5.75 Å². The number of amides is 1. The Morgan fingerprint density at radius 1 is 1.29 bits per heavy atom. The third-order valence-electron chi connectivity index (χ3n) is 3.18. The number of benzene rings is 1. The van der Waals surface area contributed by atoms with Gasteiger partial charge in [0.25, 0.3) is 0 Å². The lowest BCUT2D eigenvalue weighted by Crippen LogP contribution is -2.29. The van der Waals surface area contributed by atoms with Crippen molar-refractivity contribution in [2.45, 2.75) is 33.1 Å². The van der Waals surface area contributed by atoms with E-state index in [9.17, 15) is 9.59 Å². The molecule has 5 heteroatoms. The van der Waals surface area contributed by atoms with Crippen LogP contribution in [0.4, 0.5) is 0 Å². The number of carbonyl (C=O) groups excluding carboxylic acids is 1. The molecule has 1 amide bonds. The van der Waals surface area contributed by atoms with Crippen molar-refractivity contribution in [3.63, 3.8) is 0 Å². The van der Waals surface area contributed by atoms with Crippen LogP contribution in [0.2, 0.25) is 0 Å². The van der Waals surface area contributed by atoms with Gasteiger partial charge in [0.15, 0.2) is 0 Å². The number of carboxylic acids is 1. The molecule has 0 aliphatic carbocycles. The maximum atomic E-state index is 11.7. The van der Waals surface area contributed by atoms with Crippen LogP contribution in [0.25, 0.3) is 0 Å². The molecule has 0 saturated heterocycles. The monoisotopic (exact) mass is 293 g/mol. The second-order valence-electron chi connectivity index (χ2n) is 5.21. The Kier molecular flexibility index (Phi) is 7.29. The molecule has 1 unspecified atom stereocenters. The molecule has 0 radical (unpaired) electrons. The molecule has 2 N–H and O–H groups in total. The summed E-state index contributed by atoms with van der Waals surface area (Å²) in [6, 6.07) is 7.67. The van der Waals surface area contributed by atoms with Crippen molar-refractivity contribution in [3.8, 4) is 5.75 Å². The first-order valence-electron chi connectivity index (χ1n) is 7.16. The fourth-order valence-corrected chi connectivity index (χ4v) is 1.82. The highest BCUT2D eigenvalue weighted by Crippen LogP contribution is 2.16. The van der Waals surface area contributed by atoms with E-state index in [1.54, 1.807) is 0 Å². The maximum absolute atomic E-state index is 11.7. The molecule has 0 spiro atoms. The molecule has 1 rings (SSSR count). The highest BCUT2D eigenvalue weighted by molar-refractivity contribution is 5.76. The van der Waals surface area contributed by atoms with Gasteiger partial charge in [-0.25, -0.2) is 0 Å². The van der Waals surface area contributed by atoms with Gasteiger partial charge in [-0.2, -0.15) is 0 Å². The predicted molar refractivity (Wildman–Crippen MR) is 80.3 cm³/mol. The van der Waals surface area contributed by atoms with Crippen LogP contribution in [0.3, 0.4) is 0 Å². The van der Waals surface area contributed by atoms with Crippen molar-refractivity contribution >= 4 is 11.9 Å². The van der Waals surface area contributed by atoms with E-state index in [1.807, 2.05) is 38.1 Å². The summed E-state index contributed by atoms with van der Waals surface area (Å²) < 4.78 is 5.55. The SMILES string of the molecule is Cc1ccccc1OCCC(=O)NCC(C)CCC(=O)O. The maximum Gasteiger partial charge on any atom is 0.303 e. The normalized spacial score (nSPS) is 11.7. The second kappa shape index (κ2) is 9.00. The van der Waals surface area contributed by atoms with E-state index in [0.29, 0.717) is 26.0 Å². The fourth-order valence-electron chi connectivity index (χ4n) is 1.82. The minimum absolute atomic E-state index is 0.0780. The molecule has 0 bridgehead atoms. The Bertz CT molecular complexity index is 473. The summed E-state index contributed by atoms with van der Waals surface area (Å²) in [6.07, 6.45) is 0.989. The number of rotatable bonds is 9. The predicted octanol–water partition coefficient (Wildman–Crippen LogP) is 2.38. The Balaban J connectivity index is 2.17. The van der Waals surface area contributed by atoms with Gasteiger partial charge in [-0.05, 0) is 30.9 Å². The average Bonchev–Trinajstić information content (AvgIpc) is 2.45. The molecule has 21 heavy (non-hydrogen) atoms. The lowest BCUT2D eigenvalue weighted by atomic mass is 10.1. The van der Waals surface area contributed by atoms with E-state index >= 15 is 0 Å². The van der Waals surface area contributed by atoms with Gasteiger partial charge in [-0.15, -0.1) is 0 Å². The lowest BCUT2D eigenvalue weighted by Gasteiger charge is -2.12. The van der Waals surface area contributed by atoms with Gasteiger partial charge in [-0.3, -0.25) is 9.59 Å². The zero-order valence-electron chi connectivity index (χ0n) is 12.6. The molecule has 0 aromatic heterocycles. The first kappa shape index (κ1) is 17.0. The van der Waals surface area contributed by atoms with E-state index < -0.39 is 5.97 Å². The highest BCUT2D eigenvalue weighted by atomic mass is 16.5. The topological polar surface area (TPSA) is 75.6 Å². The molecule has 116 valence electrons. The smallest absolute Gasteiger partial charge is 0.303 e. The van der Waals surface area contributed by atoms with Crippen molar-refractivity contribution in [2.75, 3.05) is 13.2 Å². The Morgan fingerprint density at radius 3 is 2.67 bits per heavy atom. The van der Waals surface area contributed by atoms with Crippen molar-refractivity contribution in [2.24, 2.45) is 5.92 Å². The number of nitrogens with one attached hydrogen (secondary N) is 1. The molecule has 1 aromatic rings. The number of carboxylic acid groups (broad SMARTS) is 1. The van der Waals surface area contributed by atoms with Crippen LogP contribution in [0, 0.1) is 12.8 Å². The van der Waals surface area contributed by atoms with Crippen molar-refractivity contribution < 1.29 is 19.4 Å². The molecule has 1 atom stereocenters. The largest absolute Gasteiger partial charge is 0.493 e. The Morgan fingerprint density at radius 2 is 2.00 bits per heavy atom. The molecule has 0 aliphatic heterocycles. The summed E-state index contributed by atoms with van der Waals surface area (Å²) >= 11 is 0. The summed E-state index contributed by atoms with van der Waals surface area (Å²) in [7, 11) is 0. The summed E-state index contributed by atoms with van der Waals surface area (Å²) in [5.74, 6) is 0.0630. The van der Waals surface area contributed by atoms with E-state index in [4.69, 9.17) is 9.84 Å². The van der Waals surface area contributed by atoms with Gasteiger partial charge >= 0.3 is 5.97 Å². The number of ether oxygens (including phenoxy) is 1. The molecule has 5 nitrogen and oxygen atoms in total. The van der Waals surface area contributed by atoms with E-state index in [1.165, 1.54) is 0 Å². The van der Waals surface area contributed by atoms with E-state index in [2.05, 4.69) is 5.32 Å². The minimum Gasteiger partial charge on any atom is -0.493 e. The zero-order chi connectivity index (χ0) is 15.7. The molecule has 0 fully saturated rings. The molecular formula is C16H23NO4. The van der Waals surface area contributed by atoms with Gasteiger partial charge in [0.2, 0.25) is 5.91 Å². The van der Waals surface area contributed by atoms with Crippen molar-refractivity contribution in [1.29, 1.82) is 0 Å². The second-order valence-corrected chi connectivity index (χ2v) is 5.21. The third-order valence-corrected chi connectivity index (χ3v) is 3.18. The number of carbonyl (C=O) groups is 2. The van der Waals surface area contributed by atoms with Crippen LogP contribution in [0.1, 0.15) is 31.7 Å². The van der Waals surface area contributed by atoms with Crippen molar-refractivity contribution in [1.82, 2.24) is 5.32 Å². The molecule has 0 aliphatic rings. The van der Waals surface area contributed by atoms with Crippen molar-refractivity contribution in [3.05, 3.63) is 29.8 Å². The highest BCUT2D eigenvalue weighted by Gasteiger charge is 2.08. The van der Waals surface area contributed by atoms with Crippen LogP contribution >= 0.6 is 0 Å². The molecule has 0 heterocycles. The zero-order valence-corrected chi connectivity index (χ0v) is 12.6. The first-order valence-corrected chi connectivity index (χ1v) is 7.16. The quantitative estimate of drug-likeness (QED) is 0.733. The van der Waals surface area contributed by atoms with Crippen LogP contribution in [-0.2, 0) is 9.59 Å². The number of hydrogen-bond donors (Lipinski definition) is 2. The minimum atomic E-state index is -0.806. The number of aryl methyl sites for hydroxylation is 1. The van der Waals surface area contributed by atoms with Crippen LogP contribution in [0.15, 0.2) is 24.3 Å². The summed E-state index contributed by atoms with van der Waals surface area (Å²) in [5, 5.41) is 11.4. The average molecular weight is 293 g/mol. The summed E-state index contributed by atoms with van der Waals surface area (Å²) in [6.45, 7) is 4.71. The van der Waals surface area contributed by atoms with Gasteiger partial charge in [0, 0.05) is 13.0 Å². The summed E-state index contributed by atoms with van der Waals surface area (Å²) in [4.78, 5) is 22.1. The lowest BCUT2D eigenvalue weighted by molar-refractivity contribution is -0.137. The molecule has 0 saturated carbocycles. The Labute approximate surface area is 125 Å². The number of aliphatic carboxylic acids is 1. The third kappa shape index (κ3) is 7.34. The molecule has 1 aromatic carbocycles. The molecular weight excluding hydrogens is 270 g/mol. The van der Waals surface area contributed by atoms with Crippen LogP contribution in [-0.4, -0.2) is 30.1 Å². The summed E-state index contributed by atoms with van der Waals surface area (Å²) in [5.41, 5.74) is 1.04. The van der Waals surface area contributed by atoms with Crippen LogP contribution < -0.4 is 10.1 Å². The Hall–Kier alpha value is -2.04. The van der Waals surface area contributed by atoms with Gasteiger partial charge in [-0.1, -0.05) is 25.1 Å². The first-order chi connectivity index (χ1) is 9.99.